The van der Waals surface area contributed by atoms with Crippen molar-refractivity contribution < 1.29 is 8.42 Å². The van der Waals surface area contributed by atoms with Crippen LogP contribution in [0.15, 0.2) is 51.8 Å². The number of rotatable bonds is 2. The normalized spacial score (nSPS) is 17.1. The molecule has 1 aliphatic rings. The van der Waals surface area contributed by atoms with Crippen LogP contribution in [0.4, 0.5) is 0 Å². The first-order chi connectivity index (χ1) is 9.48. The van der Waals surface area contributed by atoms with Gasteiger partial charge in [0, 0.05) is 17.6 Å². The van der Waals surface area contributed by atoms with Gasteiger partial charge in [-0.25, -0.2) is 8.42 Å². The summed E-state index contributed by atoms with van der Waals surface area (Å²) in [4.78, 5) is 0.469. The minimum atomic E-state index is -3.38. The van der Waals surface area contributed by atoms with Gasteiger partial charge in [0.15, 0.2) is 0 Å². The molecule has 3 nitrogen and oxygen atoms in total. The second-order valence-corrected chi connectivity index (χ2v) is 7.76. The molecule has 104 valence electrons. The van der Waals surface area contributed by atoms with E-state index in [4.69, 9.17) is 0 Å². The van der Waals surface area contributed by atoms with Crippen molar-refractivity contribution >= 4 is 26.0 Å². The van der Waals surface area contributed by atoms with E-state index in [1.165, 1.54) is 4.31 Å². The number of benzene rings is 2. The molecule has 0 saturated heterocycles. The lowest BCUT2D eigenvalue weighted by Gasteiger charge is -2.14. The summed E-state index contributed by atoms with van der Waals surface area (Å²) in [6, 6.07) is 13.4. The molecule has 0 aromatic heterocycles. The molecule has 0 atom stereocenters. The minimum Gasteiger partial charge on any atom is -0.207 e. The first-order valence-electron chi connectivity index (χ1n) is 6.31. The summed E-state index contributed by atoms with van der Waals surface area (Å²) in [6.07, 6.45) is 0. The Balaban J connectivity index is 2.00. The van der Waals surface area contributed by atoms with Gasteiger partial charge in [-0.2, -0.15) is 4.31 Å². The van der Waals surface area contributed by atoms with Gasteiger partial charge < -0.3 is 0 Å². The third-order valence-corrected chi connectivity index (χ3v) is 5.96. The fourth-order valence-corrected chi connectivity index (χ4v) is 5.04. The van der Waals surface area contributed by atoms with Crippen molar-refractivity contribution in [2.75, 3.05) is 0 Å². The third kappa shape index (κ3) is 2.30. The summed E-state index contributed by atoms with van der Waals surface area (Å²) in [7, 11) is -3.38. The van der Waals surface area contributed by atoms with Gasteiger partial charge in [-0.3, -0.25) is 0 Å². The van der Waals surface area contributed by atoms with Crippen LogP contribution in [0.25, 0.3) is 0 Å². The topological polar surface area (TPSA) is 37.4 Å². The molecule has 0 aliphatic carbocycles. The van der Waals surface area contributed by atoms with Gasteiger partial charge in [0.05, 0.1) is 4.90 Å². The van der Waals surface area contributed by atoms with Gasteiger partial charge >= 0.3 is 0 Å². The van der Waals surface area contributed by atoms with Crippen molar-refractivity contribution in [2.24, 2.45) is 0 Å². The molecule has 0 saturated carbocycles. The van der Waals surface area contributed by atoms with E-state index in [9.17, 15) is 8.42 Å². The van der Waals surface area contributed by atoms with E-state index in [1.54, 1.807) is 0 Å². The van der Waals surface area contributed by atoms with Gasteiger partial charge in [0.2, 0.25) is 10.0 Å². The van der Waals surface area contributed by atoms with Crippen LogP contribution in [0, 0.1) is 6.92 Å². The van der Waals surface area contributed by atoms with Crippen molar-refractivity contribution in [3.8, 4) is 0 Å². The molecule has 0 spiro atoms. The molecule has 3 rings (SSSR count). The Morgan fingerprint density at radius 3 is 2.60 bits per heavy atom. The lowest BCUT2D eigenvalue weighted by molar-refractivity contribution is 0.420. The predicted octanol–water partition coefficient (Wildman–Crippen LogP) is 3.46. The summed E-state index contributed by atoms with van der Waals surface area (Å²) in [5, 5.41) is 0. The van der Waals surface area contributed by atoms with Gasteiger partial charge in [-0.1, -0.05) is 46.3 Å². The zero-order chi connectivity index (χ0) is 14.3. The number of fused-ring (bicyclic) bond motifs is 1. The molecule has 1 aliphatic heterocycles. The molecule has 0 N–H and O–H groups in total. The van der Waals surface area contributed by atoms with Crippen LogP contribution in [0.1, 0.15) is 16.7 Å². The molecule has 0 fully saturated rings. The predicted molar refractivity (Wildman–Crippen MR) is 81.8 cm³/mol. The molecular formula is C15H14BrNO2S. The molecule has 0 radical (unpaired) electrons. The maximum absolute atomic E-state index is 12.6. The number of hydrogen-bond acceptors (Lipinski definition) is 2. The number of halogens is 1. The van der Waals surface area contributed by atoms with Crippen molar-refractivity contribution in [1.29, 1.82) is 0 Å². The summed E-state index contributed by atoms with van der Waals surface area (Å²) in [6.45, 7) is 2.69. The van der Waals surface area contributed by atoms with E-state index in [2.05, 4.69) is 15.9 Å². The highest BCUT2D eigenvalue weighted by Gasteiger charge is 2.36. The van der Waals surface area contributed by atoms with Crippen molar-refractivity contribution in [3.63, 3.8) is 0 Å². The SMILES string of the molecule is Cc1cc(Br)cc2c1S(=O)(=O)N(Cc1ccccc1)C2. The van der Waals surface area contributed by atoms with E-state index in [0.717, 1.165) is 21.2 Å². The number of aryl methyl sites for hydroxylation is 1. The standard InChI is InChI=1S/C15H14BrNO2S/c1-11-7-14(16)8-13-10-17(20(18,19)15(11)13)9-12-5-3-2-4-6-12/h2-8H,9-10H2,1H3. The lowest BCUT2D eigenvalue weighted by atomic mass is 10.1. The smallest absolute Gasteiger partial charge is 0.207 e. The van der Waals surface area contributed by atoms with Crippen molar-refractivity contribution in [1.82, 2.24) is 4.31 Å². The Kier molecular flexibility index (Phi) is 3.44. The van der Waals surface area contributed by atoms with Gasteiger partial charge in [0.25, 0.3) is 0 Å². The molecule has 2 aromatic rings. The summed E-state index contributed by atoms with van der Waals surface area (Å²) < 4.78 is 27.7. The molecule has 2 aromatic carbocycles. The third-order valence-electron chi connectivity index (χ3n) is 3.46. The Labute approximate surface area is 127 Å². The van der Waals surface area contributed by atoms with E-state index in [-0.39, 0.29) is 0 Å². The Morgan fingerprint density at radius 2 is 1.90 bits per heavy atom. The van der Waals surface area contributed by atoms with Crippen LogP contribution >= 0.6 is 15.9 Å². The summed E-state index contributed by atoms with van der Waals surface area (Å²) in [5.74, 6) is 0. The van der Waals surface area contributed by atoms with Gasteiger partial charge in [0.1, 0.15) is 0 Å². The summed E-state index contributed by atoms with van der Waals surface area (Å²) in [5.41, 5.74) is 2.67. The van der Waals surface area contributed by atoms with E-state index >= 15 is 0 Å². The number of sulfonamides is 1. The van der Waals surface area contributed by atoms with Crippen LogP contribution in [0.3, 0.4) is 0 Å². The second kappa shape index (κ2) is 4.98. The quantitative estimate of drug-likeness (QED) is 0.830. The van der Waals surface area contributed by atoms with E-state index in [0.29, 0.717) is 18.0 Å². The molecule has 20 heavy (non-hydrogen) atoms. The zero-order valence-corrected chi connectivity index (χ0v) is 13.4. The lowest BCUT2D eigenvalue weighted by Crippen LogP contribution is -2.24. The fourth-order valence-electron chi connectivity index (χ4n) is 2.62. The second-order valence-electron chi connectivity index (χ2n) is 4.97. The molecule has 1 heterocycles. The number of hydrogen-bond donors (Lipinski definition) is 0. The molecule has 0 bridgehead atoms. The van der Waals surface area contributed by atoms with Crippen LogP contribution in [-0.4, -0.2) is 12.7 Å². The first-order valence-corrected chi connectivity index (χ1v) is 8.55. The Morgan fingerprint density at radius 1 is 1.20 bits per heavy atom. The van der Waals surface area contributed by atoms with E-state index < -0.39 is 10.0 Å². The summed E-state index contributed by atoms with van der Waals surface area (Å²) >= 11 is 3.43. The Bertz CT molecular complexity index is 757. The highest BCUT2D eigenvalue weighted by molar-refractivity contribution is 9.10. The monoisotopic (exact) mass is 351 g/mol. The average Bonchev–Trinajstić information content (AvgIpc) is 2.61. The van der Waals surface area contributed by atoms with Gasteiger partial charge in [-0.15, -0.1) is 0 Å². The highest BCUT2D eigenvalue weighted by Crippen LogP contribution is 2.35. The van der Waals surface area contributed by atoms with Crippen LogP contribution in [0.5, 0.6) is 0 Å². The maximum atomic E-state index is 12.6. The van der Waals surface area contributed by atoms with E-state index in [1.807, 2.05) is 49.4 Å². The van der Waals surface area contributed by atoms with Crippen LogP contribution < -0.4 is 0 Å². The van der Waals surface area contributed by atoms with Gasteiger partial charge in [-0.05, 0) is 35.7 Å². The average molecular weight is 352 g/mol. The first kappa shape index (κ1) is 13.8. The zero-order valence-electron chi connectivity index (χ0n) is 11.0. The highest BCUT2D eigenvalue weighted by atomic mass is 79.9. The fraction of sp³-hybridized carbons (Fsp3) is 0.200. The molecule has 0 amide bonds. The molecule has 0 unspecified atom stereocenters. The van der Waals surface area contributed by atoms with Crippen LogP contribution in [0.2, 0.25) is 0 Å². The van der Waals surface area contributed by atoms with Crippen molar-refractivity contribution in [2.45, 2.75) is 24.9 Å². The Hall–Kier alpha value is -1.17. The largest absolute Gasteiger partial charge is 0.244 e. The maximum Gasteiger partial charge on any atom is 0.244 e. The van der Waals surface area contributed by atoms with Crippen molar-refractivity contribution in [3.05, 3.63) is 63.6 Å². The molecular weight excluding hydrogens is 338 g/mol. The number of nitrogens with zero attached hydrogens (tertiary/aromatic N) is 1. The molecule has 5 heteroatoms. The minimum absolute atomic E-state index is 0.412. The van der Waals surface area contributed by atoms with Crippen LogP contribution in [-0.2, 0) is 23.1 Å².